The molecule has 196 valence electrons. The first kappa shape index (κ1) is 27.6. The van der Waals surface area contributed by atoms with Crippen molar-refractivity contribution in [2.45, 2.75) is 109 Å². The van der Waals surface area contributed by atoms with E-state index in [0.29, 0.717) is 6.61 Å². The highest BCUT2D eigenvalue weighted by Gasteiger charge is 2.57. The van der Waals surface area contributed by atoms with E-state index in [-0.39, 0.29) is 48.3 Å². The fourth-order valence-electron chi connectivity index (χ4n) is 4.91. The Morgan fingerprint density at radius 1 is 1.20 bits per heavy atom. The van der Waals surface area contributed by atoms with Gasteiger partial charge in [0.1, 0.15) is 23.9 Å². The fourth-order valence-corrected chi connectivity index (χ4v) is 4.91. The largest absolute Gasteiger partial charge is 0.459 e. The highest BCUT2D eigenvalue weighted by Crippen LogP contribution is 2.42. The van der Waals surface area contributed by atoms with Gasteiger partial charge in [0.05, 0.1) is 31.0 Å². The number of hydrogen-bond acceptors (Lipinski definition) is 7. The normalized spacial score (nSPS) is 38.6. The molecule has 0 aromatic carbocycles. The highest BCUT2D eigenvalue weighted by atomic mass is 16.6. The van der Waals surface area contributed by atoms with E-state index in [1.807, 2.05) is 32.9 Å². The summed E-state index contributed by atoms with van der Waals surface area (Å²) in [6.07, 6.45) is 9.86. The Balaban J connectivity index is 1.47. The van der Waals surface area contributed by atoms with Crippen molar-refractivity contribution in [1.29, 1.82) is 0 Å². The molecular formula is C27H41NO7. The molecule has 7 unspecified atom stereocenters. The van der Waals surface area contributed by atoms with Crippen LogP contribution < -0.4 is 5.32 Å². The average molecular weight is 492 g/mol. The Morgan fingerprint density at radius 3 is 2.57 bits per heavy atom. The van der Waals surface area contributed by atoms with Crippen LogP contribution in [0.3, 0.4) is 0 Å². The summed E-state index contributed by atoms with van der Waals surface area (Å²) in [5, 5.41) is 13.6. The van der Waals surface area contributed by atoms with Crippen molar-refractivity contribution in [3.05, 3.63) is 36.0 Å². The summed E-state index contributed by atoms with van der Waals surface area (Å²) in [6, 6.07) is -0.0868. The smallest absolute Gasteiger partial charge is 0.303 e. The first-order valence-electron chi connectivity index (χ1n) is 12.6. The van der Waals surface area contributed by atoms with Gasteiger partial charge in [-0.1, -0.05) is 30.7 Å². The van der Waals surface area contributed by atoms with Gasteiger partial charge in [-0.2, -0.15) is 0 Å². The summed E-state index contributed by atoms with van der Waals surface area (Å²) >= 11 is 0. The molecule has 3 fully saturated rings. The lowest BCUT2D eigenvalue weighted by atomic mass is 9.87. The lowest BCUT2D eigenvalue weighted by Crippen LogP contribution is -2.50. The zero-order chi connectivity index (χ0) is 25.8. The van der Waals surface area contributed by atoms with Crippen LogP contribution in [0.1, 0.15) is 60.8 Å². The first-order chi connectivity index (χ1) is 16.5. The number of nitrogens with one attached hydrogen (secondary N) is 1. The second kappa shape index (κ2) is 11.8. The van der Waals surface area contributed by atoms with E-state index in [2.05, 4.69) is 18.3 Å². The molecular weight excluding hydrogens is 450 g/mol. The Kier molecular flexibility index (Phi) is 9.32. The third-order valence-electron chi connectivity index (χ3n) is 7.02. The minimum atomic E-state index is -0.642. The number of ether oxygens (including phenoxy) is 4. The fraction of sp³-hybridized carbons (Fsp3) is 0.704. The van der Waals surface area contributed by atoms with Crippen molar-refractivity contribution >= 4 is 11.9 Å². The number of esters is 1. The predicted molar refractivity (Wildman–Crippen MR) is 132 cm³/mol. The van der Waals surface area contributed by atoms with Crippen LogP contribution in [0.25, 0.3) is 0 Å². The molecule has 0 aromatic heterocycles. The Bertz CT molecular complexity index is 846. The zero-order valence-electron chi connectivity index (χ0n) is 21.7. The number of rotatable bonds is 8. The summed E-state index contributed by atoms with van der Waals surface area (Å²) in [4.78, 5) is 23.3. The number of carbonyl (C=O) groups excluding carboxylic acids is 2. The maximum Gasteiger partial charge on any atom is 0.303 e. The van der Waals surface area contributed by atoms with Gasteiger partial charge in [-0.05, 0) is 52.5 Å². The Hall–Kier alpha value is -2.00. The van der Waals surface area contributed by atoms with Crippen molar-refractivity contribution < 1.29 is 33.6 Å². The molecule has 0 bridgehead atoms. The molecule has 1 amide bonds. The van der Waals surface area contributed by atoms with Crippen molar-refractivity contribution in [3.63, 3.8) is 0 Å². The van der Waals surface area contributed by atoms with Crippen LogP contribution in [-0.4, -0.2) is 71.9 Å². The van der Waals surface area contributed by atoms with E-state index in [4.69, 9.17) is 18.9 Å². The van der Waals surface area contributed by atoms with Crippen LogP contribution in [0.2, 0.25) is 0 Å². The van der Waals surface area contributed by atoms with Gasteiger partial charge in [0.2, 0.25) is 5.91 Å². The summed E-state index contributed by atoms with van der Waals surface area (Å²) in [5.41, 5.74) is 0.657. The van der Waals surface area contributed by atoms with Crippen molar-refractivity contribution in [2.75, 3.05) is 6.61 Å². The minimum Gasteiger partial charge on any atom is -0.459 e. The molecule has 3 saturated heterocycles. The molecule has 8 nitrogen and oxygen atoms in total. The zero-order valence-corrected chi connectivity index (χ0v) is 21.7. The summed E-state index contributed by atoms with van der Waals surface area (Å²) in [6.45, 7) is 11.8. The standard InChI is InChI=1S/C27H41NO7/c1-16(8-11-24-26(31)27(15-32-27)14-19(4)34-24)7-10-23-17(2)13-22(20(5)35-23)28-25(30)12-9-18(3)33-21(6)29/h7-9,11-12,17-20,22-24,26,31H,10,13-15H2,1-6H3,(H,28,30)/b11-8+,12-9-,16-7+/t17?,18?,19-,20?,22?,23?,24?,26-,27?/m1/s1. The molecule has 0 saturated carbocycles. The number of aliphatic hydroxyl groups is 1. The average Bonchev–Trinajstić information content (AvgIpc) is 3.54. The Morgan fingerprint density at radius 2 is 1.91 bits per heavy atom. The molecule has 3 aliphatic heterocycles. The van der Waals surface area contributed by atoms with Gasteiger partial charge in [-0.25, -0.2) is 0 Å². The summed E-state index contributed by atoms with van der Waals surface area (Å²) in [5.74, 6) is -0.340. The van der Waals surface area contributed by atoms with Crippen LogP contribution in [0, 0.1) is 5.92 Å². The molecule has 2 N–H and O–H groups in total. The van der Waals surface area contributed by atoms with Gasteiger partial charge < -0.3 is 29.4 Å². The monoisotopic (exact) mass is 491 g/mol. The van der Waals surface area contributed by atoms with Crippen LogP contribution in [0.15, 0.2) is 36.0 Å². The van der Waals surface area contributed by atoms with Gasteiger partial charge in [0, 0.05) is 19.4 Å². The maximum absolute atomic E-state index is 12.3. The van der Waals surface area contributed by atoms with Crippen molar-refractivity contribution in [3.8, 4) is 0 Å². The second-order valence-corrected chi connectivity index (χ2v) is 10.3. The molecule has 9 atom stereocenters. The van der Waals surface area contributed by atoms with E-state index >= 15 is 0 Å². The van der Waals surface area contributed by atoms with E-state index < -0.39 is 17.8 Å². The number of allylic oxidation sites excluding steroid dienone is 2. The topological polar surface area (TPSA) is 107 Å². The van der Waals surface area contributed by atoms with Crippen LogP contribution in [-0.2, 0) is 28.5 Å². The van der Waals surface area contributed by atoms with E-state index in [9.17, 15) is 14.7 Å². The molecule has 0 aliphatic carbocycles. The maximum atomic E-state index is 12.3. The van der Waals surface area contributed by atoms with Gasteiger partial charge in [-0.3, -0.25) is 9.59 Å². The van der Waals surface area contributed by atoms with E-state index in [1.54, 1.807) is 13.0 Å². The number of aliphatic hydroxyl groups excluding tert-OH is 1. The van der Waals surface area contributed by atoms with Crippen LogP contribution >= 0.6 is 0 Å². The molecule has 3 aliphatic rings. The van der Waals surface area contributed by atoms with E-state index in [0.717, 1.165) is 24.8 Å². The minimum absolute atomic E-state index is 0.0546. The third-order valence-corrected chi connectivity index (χ3v) is 7.02. The van der Waals surface area contributed by atoms with Crippen molar-refractivity contribution in [1.82, 2.24) is 5.32 Å². The van der Waals surface area contributed by atoms with Crippen molar-refractivity contribution in [2.24, 2.45) is 5.92 Å². The lowest BCUT2D eigenvalue weighted by Gasteiger charge is -2.39. The molecule has 3 heterocycles. The summed E-state index contributed by atoms with van der Waals surface area (Å²) in [7, 11) is 0. The number of hydrogen-bond donors (Lipinski definition) is 2. The molecule has 0 aromatic rings. The van der Waals surface area contributed by atoms with Gasteiger partial charge in [0.25, 0.3) is 0 Å². The SMILES string of the molecule is CC(=O)OC(C)/C=C\C(=O)NC1CC(C)C(C/C=C(C)/C=C/C2O[C@H](C)CC3(CO3)[C@@H]2O)OC1C. The quantitative estimate of drug-likeness (QED) is 0.233. The summed E-state index contributed by atoms with van der Waals surface area (Å²) < 4.78 is 22.7. The molecule has 3 rings (SSSR count). The predicted octanol–water partition coefficient (Wildman–Crippen LogP) is 2.99. The van der Waals surface area contributed by atoms with E-state index in [1.165, 1.54) is 13.0 Å². The van der Waals surface area contributed by atoms with Crippen LogP contribution in [0.5, 0.6) is 0 Å². The lowest BCUT2D eigenvalue weighted by molar-refractivity contribution is -0.143. The number of amides is 1. The Labute approximate surface area is 208 Å². The third kappa shape index (κ3) is 7.74. The molecule has 8 heteroatoms. The second-order valence-electron chi connectivity index (χ2n) is 10.3. The highest BCUT2D eigenvalue weighted by molar-refractivity contribution is 5.87. The van der Waals surface area contributed by atoms with Gasteiger partial charge >= 0.3 is 5.97 Å². The molecule has 0 radical (unpaired) electrons. The number of epoxide rings is 1. The van der Waals surface area contributed by atoms with Crippen LogP contribution in [0.4, 0.5) is 0 Å². The van der Waals surface area contributed by atoms with Gasteiger partial charge in [-0.15, -0.1) is 0 Å². The molecule has 1 spiro atoms. The number of carbonyl (C=O) groups is 2. The van der Waals surface area contributed by atoms with Gasteiger partial charge in [0.15, 0.2) is 0 Å². The first-order valence-corrected chi connectivity index (χ1v) is 12.6. The molecule has 35 heavy (non-hydrogen) atoms.